The number of nitrogens with one attached hydrogen (secondary N) is 2. The van der Waals surface area contributed by atoms with Crippen molar-refractivity contribution in [2.75, 3.05) is 0 Å². The number of H-pyrrole nitrogens is 1. The summed E-state index contributed by atoms with van der Waals surface area (Å²) >= 11 is 0. The normalized spacial score (nSPS) is 17.0. The molecule has 0 saturated heterocycles. The minimum absolute atomic E-state index is 0.0737. The highest BCUT2D eigenvalue weighted by Gasteiger charge is 2.25. The highest BCUT2D eigenvalue weighted by molar-refractivity contribution is 5.90. The summed E-state index contributed by atoms with van der Waals surface area (Å²) in [6, 6.07) is 8.22. The molecule has 0 bridgehead atoms. The molecule has 24 heavy (non-hydrogen) atoms. The molecule has 2 heterocycles. The lowest BCUT2D eigenvalue weighted by Gasteiger charge is -2.23. The molecule has 3 aromatic rings. The van der Waals surface area contributed by atoms with Crippen molar-refractivity contribution in [2.45, 2.75) is 38.6 Å². The number of fused-ring (bicyclic) bond motifs is 2. The first-order valence-electron chi connectivity index (χ1n) is 8.50. The maximum Gasteiger partial charge on any atom is 0.224 e. The summed E-state index contributed by atoms with van der Waals surface area (Å²) in [6.45, 7) is 2.03. The molecule has 4 rings (SSSR count). The first-order chi connectivity index (χ1) is 11.6. The maximum absolute atomic E-state index is 12.6. The Balaban J connectivity index is 1.54. The highest BCUT2D eigenvalue weighted by Crippen LogP contribution is 2.29. The number of rotatable bonds is 3. The predicted molar refractivity (Wildman–Crippen MR) is 93.8 cm³/mol. The molecule has 124 valence electrons. The van der Waals surface area contributed by atoms with E-state index in [1.807, 2.05) is 43.0 Å². The van der Waals surface area contributed by atoms with Crippen LogP contribution in [0.25, 0.3) is 10.9 Å². The minimum Gasteiger partial charge on any atom is -0.358 e. The molecule has 0 fully saturated rings. The van der Waals surface area contributed by atoms with Crippen LogP contribution in [0.15, 0.2) is 30.5 Å². The molecule has 1 atom stereocenters. The second-order valence-electron chi connectivity index (χ2n) is 6.63. The van der Waals surface area contributed by atoms with Crippen LogP contribution in [-0.4, -0.2) is 20.7 Å². The van der Waals surface area contributed by atoms with Gasteiger partial charge in [0.1, 0.15) is 0 Å². The van der Waals surface area contributed by atoms with Gasteiger partial charge in [0.15, 0.2) is 0 Å². The molecule has 1 aliphatic rings. The van der Waals surface area contributed by atoms with Gasteiger partial charge in [-0.05, 0) is 37.8 Å². The molecule has 0 radical (unpaired) electrons. The number of hydrogen-bond acceptors (Lipinski definition) is 2. The number of hydrogen-bond donors (Lipinski definition) is 2. The lowest BCUT2D eigenvalue weighted by molar-refractivity contribution is -0.121. The third-order valence-corrected chi connectivity index (χ3v) is 5.08. The van der Waals surface area contributed by atoms with E-state index in [1.165, 1.54) is 11.3 Å². The fourth-order valence-corrected chi connectivity index (χ4v) is 3.82. The third-order valence-electron chi connectivity index (χ3n) is 5.08. The van der Waals surface area contributed by atoms with Gasteiger partial charge in [-0.3, -0.25) is 9.48 Å². The van der Waals surface area contributed by atoms with Crippen LogP contribution in [0.4, 0.5) is 0 Å². The van der Waals surface area contributed by atoms with E-state index in [0.29, 0.717) is 6.42 Å². The largest absolute Gasteiger partial charge is 0.358 e. The summed E-state index contributed by atoms with van der Waals surface area (Å²) in [6.07, 6.45) is 5.42. The van der Waals surface area contributed by atoms with E-state index in [-0.39, 0.29) is 11.9 Å². The Morgan fingerprint density at radius 2 is 2.25 bits per heavy atom. The fourth-order valence-electron chi connectivity index (χ4n) is 3.82. The zero-order valence-corrected chi connectivity index (χ0v) is 14.1. The van der Waals surface area contributed by atoms with Crippen LogP contribution in [0.2, 0.25) is 0 Å². The van der Waals surface area contributed by atoms with Gasteiger partial charge in [-0.15, -0.1) is 0 Å². The Labute approximate surface area is 141 Å². The van der Waals surface area contributed by atoms with Crippen LogP contribution < -0.4 is 5.32 Å². The van der Waals surface area contributed by atoms with Crippen LogP contribution in [0.5, 0.6) is 0 Å². The van der Waals surface area contributed by atoms with Crippen LogP contribution >= 0.6 is 0 Å². The van der Waals surface area contributed by atoms with Crippen molar-refractivity contribution in [1.82, 2.24) is 20.1 Å². The van der Waals surface area contributed by atoms with Gasteiger partial charge in [0.05, 0.1) is 18.7 Å². The molecule has 2 N–H and O–H groups in total. The van der Waals surface area contributed by atoms with E-state index in [9.17, 15) is 4.79 Å². The molecule has 0 spiro atoms. The molecule has 1 amide bonds. The second-order valence-corrected chi connectivity index (χ2v) is 6.63. The van der Waals surface area contributed by atoms with Crippen molar-refractivity contribution in [3.8, 4) is 0 Å². The van der Waals surface area contributed by atoms with Gasteiger partial charge >= 0.3 is 0 Å². The van der Waals surface area contributed by atoms with E-state index in [2.05, 4.69) is 21.5 Å². The number of nitrogens with zero attached hydrogens (tertiary/aromatic N) is 2. The number of aromatic amines is 1. The summed E-state index contributed by atoms with van der Waals surface area (Å²) < 4.78 is 1.93. The highest BCUT2D eigenvalue weighted by atomic mass is 16.1. The van der Waals surface area contributed by atoms with E-state index in [4.69, 9.17) is 0 Å². The standard InChI is InChI=1S/C19H22N4O/c1-12-14(13-6-3-4-7-16(13)21-12)10-19(24)22-17-8-5-9-18-15(17)11-20-23(18)2/h3-4,6-7,11,17,21H,5,8-10H2,1-2H3,(H,22,24). The summed E-state index contributed by atoms with van der Waals surface area (Å²) in [5.41, 5.74) is 5.66. The Kier molecular flexibility index (Phi) is 3.63. The average molecular weight is 322 g/mol. The molecule has 5 heteroatoms. The van der Waals surface area contributed by atoms with Crippen molar-refractivity contribution in [3.05, 3.63) is 53.0 Å². The van der Waals surface area contributed by atoms with E-state index in [1.54, 1.807) is 0 Å². The topological polar surface area (TPSA) is 62.7 Å². The monoisotopic (exact) mass is 322 g/mol. The zero-order valence-electron chi connectivity index (χ0n) is 14.1. The SMILES string of the molecule is Cc1[nH]c2ccccc2c1CC(=O)NC1CCCc2c1cnn2C. The van der Waals surface area contributed by atoms with Gasteiger partial charge in [0.25, 0.3) is 0 Å². The number of benzene rings is 1. The summed E-state index contributed by atoms with van der Waals surface area (Å²) in [5, 5.41) is 8.69. The smallest absolute Gasteiger partial charge is 0.224 e. The Hall–Kier alpha value is -2.56. The molecule has 0 saturated carbocycles. The van der Waals surface area contributed by atoms with Gasteiger partial charge in [-0.25, -0.2) is 0 Å². The number of carbonyl (C=O) groups excluding carboxylic acids is 1. The Morgan fingerprint density at radius 1 is 1.42 bits per heavy atom. The van der Waals surface area contributed by atoms with E-state index >= 15 is 0 Å². The van der Waals surface area contributed by atoms with E-state index < -0.39 is 0 Å². The van der Waals surface area contributed by atoms with Crippen molar-refractivity contribution in [1.29, 1.82) is 0 Å². The number of aryl methyl sites for hydroxylation is 2. The van der Waals surface area contributed by atoms with Crippen LogP contribution in [-0.2, 0) is 24.7 Å². The van der Waals surface area contributed by atoms with Gasteiger partial charge < -0.3 is 10.3 Å². The zero-order chi connectivity index (χ0) is 16.7. The van der Waals surface area contributed by atoms with Gasteiger partial charge in [0, 0.05) is 34.9 Å². The molecule has 1 unspecified atom stereocenters. The average Bonchev–Trinajstić information content (AvgIpc) is 3.10. The summed E-state index contributed by atoms with van der Waals surface area (Å²) in [7, 11) is 1.97. The fraction of sp³-hybridized carbons (Fsp3) is 0.368. The van der Waals surface area contributed by atoms with E-state index in [0.717, 1.165) is 41.4 Å². The van der Waals surface area contributed by atoms with Crippen LogP contribution in [0, 0.1) is 6.92 Å². The number of aromatic nitrogens is 3. The third kappa shape index (κ3) is 2.50. The Bertz CT molecular complexity index is 905. The second kappa shape index (κ2) is 5.82. The number of carbonyl (C=O) groups is 1. The Morgan fingerprint density at radius 3 is 3.12 bits per heavy atom. The molecular weight excluding hydrogens is 300 g/mol. The molecule has 5 nitrogen and oxygen atoms in total. The van der Waals surface area contributed by atoms with Crippen molar-refractivity contribution >= 4 is 16.8 Å². The molecule has 2 aromatic heterocycles. The first-order valence-corrected chi connectivity index (χ1v) is 8.50. The minimum atomic E-state index is 0.0737. The maximum atomic E-state index is 12.6. The molecular formula is C19H22N4O. The van der Waals surface area contributed by atoms with Gasteiger partial charge in [0.2, 0.25) is 5.91 Å². The van der Waals surface area contributed by atoms with Crippen molar-refractivity contribution in [2.24, 2.45) is 7.05 Å². The van der Waals surface area contributed by atoms with Gasteiger partial charge in [-0.1, -0.05) is 18.2 Å². The number of para-hydroxylation sites is 1. The predicted octanol–water partition coefficient (Wildman–Crippen LogP) is 2.95. The number of amides is 1. The van der Waals surface area contributed by atoms with Crippen molar-refractivity contribution < 1.29 is 4.79 Å². The molecule has 1 aromatic carbocycles. The quantitative estimate of drug-likeness (QED) is 0.779. The van der Waals surface area contributed by atoms with Crippen LogP contribution in [0.3, 0.4) is 0 Å². The molecule has 1 aliphatic carbocycles. The summed E-state index contributed by atoms with van der Waals surface area (Å²) in [5.74, 6) is 0.0737. The molecule has 0 aliphatic heterocycles. The van der Waals surface area contributed by atoms with Crippen molar-refractivity contribution in [3.63, 3.8) is 0 Å². The first kappa shape index (κ1) is 15.0. The lowest BCUT2D eigenvalue weighted by atomic mass is 9.92. The van der Waals surface area contributed by atoms with Crippen LogP contribution in [0.1, 0.15) is 41.4 Å². The van der Waals surface area contributed by atoms with Gasteiger partial charge in [-0.2, -0.15) is 5.10 Å². The summed E-state index contributed by atoms with van der Waals surface area (Å²) in [4.78, 5) is 16.0. The lowest BCUT2D eigenvalue weighted by Crippen LogP contribution is -2.32.